The Kier molecular flexibility index (Phi) is 7.33. The van der Waals surface area contributed by atoms with Crippen LogP contribution in [0.1, 0.15) is 38.0 Å². The van der Waals surface area contributed by atoms with Gasteiger partial charge in [-0.25, -0.2) is 0 Å². The second-order valence-corrected chi connectivity index (χ2v) is 5.52. The van der Waals surface area contributed by atoms with Gasteiger partial charge in [-0.15, -0.1) is 0 Å². The maximum absolute atomic E-state index is 11.9. The zero-order valence-electron chi connectivity index (χ0n) is 12.8. The Morgan fingerprint density at radius 3 is 2.75 bits per heavy atom. The third-order valence-corrected chi connectivity index (χ3v) is 3.51. The Morgan fingerprint density at radius 2 is 2.20 bits per heavy atom. The minimum atomic E-state index is 0.0652. The average Bonchev–Trinajstić information content (AvgIpc) is 2.90. The predicted molar refractivity (Wildman–Crippen MR) is 80.2 cm³/mol. The lowest BCUT2D eigenvalue weighted by atomic mass is 10.0. The number of nitrogens with one attached hydrogen (secondary N) is 1. The van der Waals surface area contributed by atoms with Gasteiger partial charge in [0.05, 0.1) is 12.3 Å². The van der Waals surface area contributed by atoms with Crippen molar-refractivity contribution in [1.82, 2.24) is 10.2 Å². The largest absolute Gasteiger partial charge is 0.468 e. The number of hydrogen-bond acceptors (Lipinski definition) is 4. The first-order chi connectivity index (χ1) is 9.54. The number of furan rings is 1. The second kappa shape index (κ2) is 8.76. The third kappa shape index (κ3) is 5.75. The second-order valence-electron chi connectivity index (χ2n) is 5.52. The molecule has 20 heavy (non-hydrogen) atoms. The Morgan fingerprint density at radius 1 is 1.45 bits per heavy atom. The van der Waals surface area contributed by atoms with Gasteiger partial charge in [-0.1, -0.05) is 6.92 Å². The van der Waals surface area contributed by atoms with Gasteiger partial charge in [0.25, 0.3) is 0 Å². The fourth-order valence-electron chi connectivity index (χ4n) is 2.12. The molecular weight excluding hydrogens is 254 g/mol. The molecule has 0 spiro atoms. The van der Waals surface area contributed by atoms with E-state index in [0.717, 1.165) is 18.6 Å². The molecule has 0 aliphatic carbocycles. The minimum absolute atomic E-state index is 0.0652. The van der Waals surface area contributed by atoms with E-state index >= 15 is 0 Å². The van der Waals surface area contributed by atoms with E-state index in [-0.39, 0.29) is 11.9 Å². The monoisotopic (exact) mass is 281 g/mol. The summed E-state index contributed by atoms with van der Waals surface area (Å²) in [5.74, 6) is 1.46. The summed E-state index contributed by atoms with van der Waals surface area (Å²) >= 11 is 0. The maximum atomic E-state index is 11.9. The standard InChI is InChI=1S/C15H27N3O2/c1-12(8-9-16)6-7-15(19)17-11-13(18(2)3)14-5-4-10-20-14/h4-5,10,12-13H,6-9,11,16H2,1-3H3,(H,17,19). The number of rotatable bonds is 9. The van der Waals surface area contributed by atoms with Crippen LogP contribution in [0.5, 0.6) is 0 Å². The maximum Gasteiger partial charge on any atom is 0.220 e. The van der Waals surface area contributed by atoms with Gasteiger partial charge in [-0.3, -0.25) is 9.69 Å². The molecule has 0 radical (unpaired) electrons. The lowest BCUT2D eigenvalue weighted by Crippen LogP contribution is -2.34. The molecule has 1 rings (SSSR count). The molecule has 0 saturated heterocycles. The Bertz CT molecular complexity index is 376. The van der Waals surface area contributed by atoms with Gasteiger partial charge >= 0.3 is 0 Å². The van der Waals surface area contributed by atoms with Crippen LogP contribution in [0.4, 0.5) is 0 Å². The van der Waals surface area contributed by atoms with E-state index in [0.29, 0.717) is 25.4 Å². The quantitative estimate of drug-likeness (QED) is 0.723. The van der Waals surface area contributed by atoms with Crippen LogP contribution in [-0.4, -0.2) is 38.0 Å². The topological polar surface area (TPSA) is 71.5 Å². The van der Waals surface area contributed by atoms with Crippen LogP contribution in [0.3, 0.4) is 0 Å². The highest BCUT2D eigenvalue weighted by atomic mass is 16.3. The highest BCUT2D eigenvalue weighted by Crippen LogP contribution is 2.17. The Hall–Kier alpha value is -1.33. The summed E-state index contributed by atoms with van der Waals surface area (Å²) in [4.78, 5) is 13.9. The summed E-state index contributed by atoms with van der Waals surface area (Å²) in [5, 5.41) is 2.98. The molecule has 5 nitrogen and oxygen atoms in total. The third-order valence-electron chi connectivity index (χ3n) is 3.51. The first-order valence-corrected chi connectivity index (χ1v) is 7.21. The molecule has 0 bridgehead atoms. The smallest absolute Gasteiger partial charge is 0.220 e. The van der Waals surface area contributed by atoms with Gasteiger partial charge < -0.3 is 15.5 Å². The normalized spacial score (nSPS) is 14.2. The summed E-state index contributed by atoms with van der Waals surface area (Å²) in [6, 6.07) is 3.86. The van der Waals surface area contributed by atoms with Crippen molar-refractivity contribution in [2.75, 3.05) is 27.2 Å². The summed E-state index contributed by atoms with van der Waals surface area (Å²) in [6.07, 6.45) is 4.07. The van der Waals surface area contributed by atoms with Crippen molar-refractivity contribution >= 4 is 5.91 Å². The summed E-state index contributed by atoms with van der Waals surface area (Å²) in [5.41, 5.74) is 5.51. The highest BCUT2D eigenvalue weighted by molar-refractivity contribution is 5.75. The van der Waals surface area contributed by atoms with Crippen molar-refractivity contribution in [2.45, 2.75) is 32.2 Å². The van der Waals surface area contributed by atoms with Crippen LogP contribution in [-0.2, 0) is 4.79 Å². The molecule has 0 saturated carbocycles. The van der Waals surface area contributed by atoms with E-state index in [4.69, 9.17) is 10.2 Å². The molecule has 2 atom stereocenters. The molecular formula is C15H27N3O2. The van der Waals surface area contributed by atoms with E-state index in [9.17, 15) is 4.79 Å². The number of hydrogen-bond donors (Lipinski definition) is 2. The van der Waals surface area contributed by atoms with E-state index < -0.39 is 0 Å². The van der Waals surface area contributed by atoms with Gasteiger partial charge in [0, 0.05) is 13.0 Å². The number of amides is 1. The van der Waals surface area contributed by atoms with Crippen molar-refractivity contribution in [3.63, 3.8) is 0 Å². The van der Waals surface area contributed by atoms with Crippen molar-refractivity contribution < 1.29 is 9.21 Å². The average molecular weight is 281 g/mol. The fourth-order valence-corrected chi connectivity index (χ4v) is 2.12. The van der Waals surface area contributed by atoms with Crippen molar-refractivity contribution in [3.8, 4) is 0 Å². The predicted octanol–water partition coefficient (Wildman–Crippen LogP) is 1.76. The molecule has 0 aliphatic rings. The fraction of sp³-hybridized carbons (Fsp3) is 0.667. The molecule has 0 aromatic carbocycles. The summed E-state index contributed by atoms with van der Waals surface area (Å²) < 4.78 is 5.41. The molecule has 1 aromatic rings. The van der Waals surface area contributed by atoms with Crippen molar-refractivity contribution in [1.29, 1.82) is 0 Å². The van der Waals surface area contributed by atoms with Crippen molar-refractivity contribution in [3.05, 3.63) is 24.2 Å². The molecule has 114 valence electrons. The van der Waals surface area contributed by atoms with Crippen LogP contribution in [0, 0.1) is 5.92 Å². The molecule has 1 heterocycles. The van der Waals surface area contributed by atoms with Crippen LogP contribution >= 0.6 is 0 Å². The van der Waals surface area contributed by atoms with Crippen LogP contribution in [0.15, 0.2) is 22.8 Å². The Labute approximate surface area is 121 Å². The number of carbonyl (C=O) groups is 1. The van der Waals surface area contributed by atoms with Gasteiger partial charge in [0.15, 0.2) is 0 Å². The molecule has 2 unspecified atom stereocenters. The molecule has 5 heteroatoms. The van der Waals surface area contributed by atoms with Crippen molar-refractivity contribution in [2.24, 2.45) is 11.7 Å². The molecule has 1 aromatic heterocycles. The van der Waals surface area contributed by atoms with E-state index in [1.54, 1.807) is 6.26 Å². The number of carbonyl (C=O) groups excluding carboxylic acids is 1. The highest BCUT2D eigenvalue weighted by Gasteiger charge is 2.17. The number of likely N-dealkylation sites (N-methyl/N-ethyl adjacent to an activating group) is 1. The summed E-state index contributed by atoms with van der Waals surface area (Å²) in [6.45, 7) is 3.38. The molecule has 0 aliphatic heterocycles. The Balaban J connectivity index is 2.35. The van der Waals surface area contributed by atoms with Crippen LogP contribution in [0.2, 0.25) is 0 Å². The van der Waals surface area contributed by atoms with Crippen LogP contribution in [0.25, 0.3) is 0 Å². The lowest BCUT2D eigenvalue weighted by molar-refractivity contribution is -0.121. The van der Waals surface area contributed by atoms with E-state index in [2.05, 4.69) is 12.2 Å². The molecule has 3 N–H and O–H groups in total. The lowest BCUT2D eigenvalue weighted by Gasteiger charge is -2.22. The molecule has 0 fully saturated rings. The van der Waals surface area contributed by atoms with Gasteiger partial charge in [-0.2, -0.15) is 0 Å². The summed E-state index contributed by atoms with van der Waals surface area (Å²) in [7, 11) is 3.95. The van der Waals surface area contributed by atoms with E-state index in [1.807, 2.05) is 31.1 Å². The van der Waals surface area contributed by atoms with Gasteiger partial charge in [0.2, 0.25) is 5.91 Å². The van der Waals surface area contributed by atoms with Gasteiger partial charge in [0.1, 0.15) is 5.76 Å². The SMILES string of the molecule is CC(CCN)CCC(=O)NCC(c1ccco1)N(C)C. The zero-order chi connectivity index (χ0) is 15.0. The number of nitrogens with two attached hydrogens (primary N) is 1. The van der Waals surface area contributed by atoms with Crippen LogP contribution < -0.4 is 11.1 Å². The minimum Gasteiger partial charge on any atom is -0.468 e. The first kappa shape index (κ1) is 16.7. The van der Waals surface area contributed by atoms with E-state index in [1.165, 1.54) is 0 Å². The zero-order valence-corrected chi connectivity index (χ0v) is 12.8. The first-order valence-electron chi connectivity index (χ1n) is 7.21. The van der Waals surface area contributed by atoms with Gasteiger partial charge in [-0.05, 0) is 51.5 Å². The number of nitrogens with zero attached hydrogens (tertiary/aromatic N) is 1. The molecule has 1 amide bonds.